The summed E-state index contributed by atoms with van der Waals surface area (Å²) in [7, 11) is 0. The first kappa shape index (κ1) is 7.07. The topological polar surface area (TPSA) is 0 Å². The van der Waals surface area contributed by atoms with Crippen LogP contribution in [0.2, 0.25) is 0 Å². The Morgan fingerprint density at radius 1 is 1.40 bits per heavy atom. The van der Waals surface area contributed by atoms with Crippen LogP contribution in [-0.4, -0.2) is 0 Å². The molecule has 0 N–H and O–H groups in total. The molecule has 0 saturated carbocycles. The van der Waals surface area contributed by atoms with E-state index >= 15 is 0 Å². The van der Waals surface area contributed by atoms with E-state index in [-0.39, 0.29) is 0 Å². The molecule has 0 nitrogen and oxygen atoms in total. The monoisotopic (exact) mass is 130 g/mol. The van der Waals surface area contributed by atoms with Crippen LogP contribution in [0.3, 0.4) is 0 Å². The third kappa shape index (κ3) is 1.27. The van der Waals surface area contributed by atoms with E-state index in [1.165, 1.54) is 5.56 Å². The van der Waals surface area contributed by atoms with E-state index in [1.807, 2.05) is 24.3 Å². The Morgan fingerprint density at radius 3 is 2.60 bits per heavy atom. The zero-order valence-electron chi connectivity index (χ0n) is 5.88. The van der Waals surface area contributed by atoms with Crippen LogP contribution in [0.5, 0.6) is 0 Å². The maximum Gasteiger partial charge on any atom is -0.0225 e. The van der Waals surface area contributed by atoms with Crippen molar-refractivity contribution in [2.45, 2.75) is 6.42 Å². The van der Waals surface area contributed by atoms with Gasteiger partial charge in [-0.25, -0.2) is 0 Å². The first-order valence-electron chi connectivity index (χ1n) is 3.30. The lowest BCUT2D eigenvalue weighted by Gasteiger charge is -1.99. The third-order valence-electron chi connectivity index (χ3n) is 1.50. The molecular weight excluding hydrogens is 120 g/mol. The smallest absolute Gasteiger partial charge is 0.0225 e. The van der Waals surface area contributed by atoms with Crippen molar-refractivity contribution in [3.63, 3.8) is 0 Å². The van der Waals surface area contributed by atoms with Gasteiger partial charge in [0.05, 0.1) is 0 Å². The molecule has 0 heteroatoms. The van der Waals surface area contributed by atoms with Gasteiger partial charge in [-0.1, -0.05) is 36.9 Å². The van der Waals surface area contributed by atoms with E-state index < -0.39 is 0 Å². The molecule has 0 aliphatic rings. The van der Waals surface area contributed by atoms with Crippen LogP contribution < -0.4 is 0 Å². The lowest BCUT2D eigenvalue weighted by atomic mass is 10.1. The molecule has 2 radical (unpaired) electrons. The average molecular weight is 130 g/mol. The average Bonchev–Trinajstić information content (AvgIpc) is 2.04. The summed E-state index contributed by atoms with van der Waals surface area (Å²) in [6.07, 6.45) is 2.41. The van der Waals surface area contributed by atoms with Crippen molar-refractivity contribution in [3.05, 3.63) is 48.9 Å². The second-order valence-electron chi connectivity index (χ2n) is 2.12. The molecule has 50 valence electrons. The highest BCUT2D eigenvalue weighted by atomic mass is 14.0. The fourth-order valence-corrected chi connectivity index (χ4v) is 0.924. The highest BCUT2D eigenvalue weighted by molar-refractivity contribution is 5.50. The molecule has 1 aromatic rings. The van der Waals surface area contributed by atoms with Gasteiger partial charge >= 0.3 is 0 Å². The first-order chi connectivity index (χ1) is 4.88. The van der Waals surface area contributed by atoms with Crippen molar-refractivity contribution >= 4 is 6.08 Å². The van der Waals surface area contributed by atoms with Crippen LogP contribution in [-0.2, 0) is 6.42 Å². The number of hydrogen-bond acceptors (Lipinski definition) is 0. The van der Waals surface area contributed by atoms with Gasteiger partial charge in [0.2, 0.25) is 0 Å². The molecule has 1 rings (SSSR count). The lowest BCUT2D eigenvalue weighted by Crippen LogP contribution is -1.83. The molecule has 0 bridgehead atoms. The van der Waals surface area contributed by atoms with Gasteiger partial charge < -0.3 is 0 Å². The van der Waals surface area contributed by atoms with Crippen molar-refractivity contribution in [2.24, 2.45) is 0 Å². The summed E-state index contributed by atoms with van der Waals surface area (Å²) >= 11 is 0. The summed E-state index contributed by atoms with van der Waals surface area (Å²) in [6.45, 7) is 9.16. The normalized spacial score (nSPS) is 9.30. The van der Waals surface area contributed by atoms with E-state index in [9.17, 15) is 0 Å². The van der Waals surface area contributed by atoms with E-state index in [1.54, 1.807) is 6.08 Å². The molecule has 0 spiro atoms. The van der Waals surface area contributed by atoms with Crippen molar-refractivity contribution < 1.29 is 0 Å². The van der Waals surface area contributed by atoms with E-state index in [0.717, 1.165) is 12.0 Å². The highest BCUT2D eigenvalue weighted by Gasteiger charge is 1.91. The van der Waals surface area contributed by atoms with Crippen molar-refractivity contribution in [1.82, 2.24) is 0 Å². The standard InChI is InChI=1S/C10H10/c1-3-9-7-5-6-8-10(9)4-2/h1,3,5-8H,2,4H2. The van der Waals surface area contributed by atoms with E-state index in [4.69, 9.17) is 6.58 Å². The predicted molar refractivity (Wildman–Crippen MR) is 44.3 cm³/mol. The molecule has 0 fully saturated rings. The van der Waals surface area contributed by atoms with E-state index in [0.29, 0.717) is 0 Å². The Hall–Kier alpha value is -1.04. The van der Waals surface area contributed by atoms with Crippen molar-refractivity contribution in [2.75, 3.05) is 0 Å². The third-order valence-corrected chi connectivity index (χ3v) is 1.50. The van der Waals surface area contributed by atoms with Gasteiger partial charge in [-0.3, -0.25) is 0 Å². The SMILES string of the molecule is [CH]=Cc1ccccc1C[CH2]. The Labute approximate surface area is 62.2 Å². The van der Waals surface area contributed by atoms with Gasteiger partial charge in [-0.15, -0.1) is 0 Å². The summed E-state index contributed by atoms with van der Waals surface area (Å²) < 4.78 is 0. The molecule has 0 heterocycles. The minimum Gasteiger partial charge on any atom is -0.0620 e. The minimum atomic E-state index is 0.796. The molecular formula is C10H10. The zero-order valence-corrected chi connectivity index (χ0v) is 5.88. The lowest BCUT2D eigenvalue weighted by molar-refractivity contribution is 1.26. The molecule has 0 amide bonds. The Bertz CT molecular complexity index is 223. The molecule has 0 atom stereocenters. The maximum absolute atomic E-state index is 5.37. The van der Waals surface area contributed by atoms with Gasteiger partial charge in [-0.05, 0) is 24.5 Å². The largest absolute Gasteiger partial charge is 0.0620 e. The molecule has 0 saturated heterocycles. The Kier molecular flexibility index (Phi) is 2.27. The molecule has 10 heavy (non-hydrogen) atoms. The second kappa shape index (κ2) is 3.21. The number of rotatable bonds is 2. The van der Waals surface area contributed by atoms with Crippen molar-refractivity contribution in [1.29, 1.82) is 0 Å². The van der Waals surface area contributed by atoms with Crippen LogP contribution in [0.25, 0.3) is 6.08 Å². The number of benzene rings is 1. The summed E-state index contributed by atoms with van der Waals surface area (Å²) in [5, 5.41) is 0. The fourth-order valence-electron chi connectivity index (χ4n) is 0.924. The van der Waals surface area contributed by atoms with Crippen LogP contribution >= 0.6 is 0 Å². The summed E-state index contributed by atoms with van der Waals surface area (Å²) in [6, 6.07) is 7.98. The molecule has 0 aliphatic heterocycles. The summed E-state index contributed by atoms with van der Waals surface area (Å²) in [5.41, 5.74) is 2.28. The van der Waals surface area contributed by atoms with Gasteiger partial charge in [-0.2, -0.15) is 0 Å². The first-order valence-corrected chi connectivity index (χ1v) is 3.30. The van der Waals surface area contributed by atoms with Gasteiger partial charge in [0.25, 0.3) is 0 Å². The van der Waals surface area contributed by atoms with Crippen LogP contribution in [0.4, 0.5) is 0 Å². The fraction of sp³-hybridized carbons (Fsp3) is 0.100. The predicted octanol–water partition coefficient (Wildman–Crippen LogP) is 2.51. The molecule has 1 aromatic carbocycles. The summed E-state index contributed by atoms with van der Waals surface area (Å²) in [4.78, 5) is 0. The quantitative estimate of drug-likeness (QED) is 0.577. The van der Waals surface area contributed by atoms with E-state index in [2.05, 4.69) is 6.92 Å². The van der Waals surface area contributed by atoms with Gasteiger partial charge in [0, 0.05) is 0 Å². The zero-order chi connectivity index (χ0) is 7.40. The summed E-state index contributed by atoms with van der Waals surface area (Å²) in [5.74, 6) is 0. The Balaban J connectivity index is 3.08. The molecule has 0 aliphatic carbocycles. The molecule has 0 aromatic heterocycles. The highest BCUT2D eigenvalue weighted by Crippen LogP contribution is 2.09. The van der Waals surface area contributed by atoms with Crippen LogP contribution in [0.1, 0.15) is 11.1 Å². The molecule has 0 unspecified atom stereocenters. The second-order valence-corrected chi connectivity index (χ2v) is 2.12. The van der Waals surface area contributed by atoms with Crippen molar-refractivity contribution in [3.8, 4) is 0 Å². The Morgan fingerprint density at radius 2 is 2.10 bits per heavy atom. The minimum absolute atomic E-state index is 0.796. The van der Waals surface area contributed by atoms with Gasteiger partial charge in [0.1, 0.15) is 0 Å². The van der Waals surface area contributed by atoms with Crippen LogP contribution in [0.15, 0.2) is 24.3 Å². The maximum atomic E-state index is 5.37. The van der Waals surface area contributed by atoms with Crippen LogP contribution in [0, 0.1) is 13.5 Å². The number of hydrogen-bond donors (Lipinski definition) is 0. The van der Waals surface area contributed by atoms with Gasteiger partial charge in [0.15, 0.2) is 0 Å².